The summed E-state index contributed by atoms with van der Waals surface area (Å²) in [5.74, 6) is 1.53. The normalized spacial score (nSPS) is 15.5. The van der Waals surface area contributed by atoms with Crippen molar-refractivity contribution in [3.05, 3.63) is 61.1 Å². The average Bonchev–Trinajstić information content (AvgIpc) is 3.13. The van der Waals surface area contributed by atoms with Crippen LogP contribution in [0.2, 0.25) is 0 Å². The molecule has 0 fully saturated rings. The number of hydrogen-bond donors (Lipinski definition) is 2. The van der Waals surface area contributed by atoms with Crippen molar-refractivity contribution < 1.29 is 4.79 Å². The molecule has 1 aliphatic rings. The third-order valence-electron chi connectivity index (χ3n) is 4.94. The fourth-order valence-corrected chi connectivity index (χ4v) is 3.40. The molecule has 1 unspecified atom stereocenters. The third kappa shape index (κ3) is 3.96. The number of aryl methyl sites for hydroxylation is 1. The SMILES string of the molecule is C=CC(=O)Nc1cccc(N2CCC(C)c3cnc(Nc4cnn(C)c4)nc32)c1. The van der Waals surface area contributed by atoms with Crippen molar-refractivity contribution in [2.45, 2.75) is 19.3 Å². The van der Waals surface area contributed by atoms with Gasteiger partial charge >= 0.3 is 0 Å². The van der Waals surface area contributed by atoms with Gasteiger partial charge in [0.15, 0.2) is 0 Å². The zero-order chi connectivity index (χ0) is 20.4. The minimum absolute atomic E-state index is 0.236. The number of carbonyl (C=O) groups is 1. The first-order valence-electron chi connectivity index (χ1n) is 9.47. The third-order valence-corrected chi connectivity index (χ3v) is 4.94. The van der Waals surface area contributed by atoms with E-state index >= 15 is 0 Å². The molecule has 0 aliphatic carbocycles. The lowest BCUT2D eigenvalue weighted by molar-refractivity contribution is -0.111. The van der Waals surface area contributed by atoms with Crippen LogP contribution in [0.3, 0.4) is 0 Å². The van der Waals surface area contributed by atoms with Gasteiger partial charge < -0.3 is 15.5 Å². The number of hydrogen-bond acceptors (Lipinski definition) is 6. The van der Waals surface area contributed by atoms with Crippen molar-refractivity contribution in [1.82, 2.24) is 19.7 Å². The molecule has 8 nitrogen and oxygen atoms in total. The van der Waals surface area contributed by atoms with Gasteiger partial charge in [-0.15, -0.1) is 0 Å². The zero-order valence-electron chi connectivity index (χ0n) is 16.5. The largest absolute Gasteiger partial charge is 0.326 e. The highest BCUT2D eigenvalue weighted by Gasteiger charge is 2.26. The standard InChI is InChI=1S/C21H23N7O/c1-4-19(29)24-15-6-5-7-17(10-15)28-9-8-14(2)18-12-22-21(26-20(18)28)25-16-11-23-27(3)13-16/h4-7,10-14H,1,8-9H2,2-3H3,(H,24,29)(H,22,25,26). The van der Waals surface area contributed by atoms with Gasteiger partial charge in [-0.3, -0.25) is 9.48 Å². The summed E-state index contributed by atoms with van der Waals surface area (Å²) in [6.07, 6.45) is 7.74. The number of fused-ring (bicyclic) bond motifs is 1. The van der Waals surface area contributed by atoms with Gasteiger partial charge in [-0.1, -0.05) is 19.6 Å². The van der Waals surface area contributed by atoms with Crippen molar-refractivity contribution in [1.29, 1.82) is 0 Å². The fourth-order valence-electron chi connectivity index (χ4n) is 3.40. The molecule has 0 bridgehead atoms. The Morgan fingerprint density at radius 1 is 1.31 bits per heavy atom. The Kier molecular flexibility index (Phi) is 4.99. The first kappa shape index (κ1) is 18.7. The van der Waals surface area contributed by atoms with Crippen LogP contribution in [0.1, 0.15) is 24.8 Å². The Balaban J connectivity index is 1.67. The molecule has 8 heteroatoms. The van der Waals surface area contributed by atoms with Crippen LogP contribution < -0.4 is 15.5 Å². The summed E-state index contributed by atoms with van der Waals surface area (Å²) < 4.78 is 1.72. The summed E-state index contributed by atoms with van der Waals surface area (Å²) in [7, 11) is 1.86. The number of nitrogens with zero attached hydrogens (tertiary/aromatic N) is 5. The number of benzene rings is 1. The van der Waals surface area contributed by atoms with E-state index in [0.29, 0.717) is 11.9 Å². The number of aromatic nitrogens is 4. The summed E-state index contributed by atoms with van der Waals surface area (Å²) in [5.41, 5.74) is 3.62. The second kappa shape index (κ2) is 7.75. The van der Waals surface area contributed by atoms with Crippen LogP contribution in [0.4, 0.5) is 28.8 Å². The van der Waals surface area contributed by atoms with E-state index in [0.717, 1.165) is 41.4 Å². The Morgan fingerprint density at radius 3 is 2.93 bits per heavy atom. The smallest absolute Gasteiger partial charge is 0.247 e. The van der Waals surface area contributed by atoms with Gasteiger partial charge in [-0.05, 0) is 36.6 Å². The predicted molar refractivity (Wildman–Crippen MR) is 114 cm³/mol. The number of anilines is 5. The number of amides is 1. The molecule has 0 spiro atoms. The number of carbonyl (C=O) groups excluding carboxylic acids is 1. The van der Waals surface area contributed by atoms with Gasteiger partial charge in [0, 0.05) is 42.9 Å². The number of rotatable bonds is 5. The Labute approximate surface area is 169 Å². The monoisotopic (exact) mass is 389 g/mol. The minimum atomic E-state index is -0.236. The van der Waals surface area contributed by atoms with Gasteiger partial charge in [0.2, 0.25) is 11.9 Å². The average molecular weight is 389 g/mol. The van der Waals surface area contributed by atoms with Crippen LogP contribution in [0.5, 0.6) is 0 Å². The fraction of sp³-hybridized carbons (Fsp3) is 0.238. The molecule has 1 amide bonds. The first-order valence-corrected chi connectivity index (χ1v) is 9.47. The van der Waals surface area contributed by atoms with Crippen molar-refractivity contribution in [2.24, 2.45) is 7.05 Å². The lowest BCUT2D eigenvalue weighted by atomic mass is 9.95. The van der Waals surface area contributed by atoms with E-state index in [1.807, 2.05) is 43.7 Å². The summed E-state index contributed by atoms with van der Waals surface area (Å²) >= 11 is 0. The molecule has 3 aromatic rings. The topological polar surface area (TPSA) is 88.0 Å². The van der Waals surface area contributed by atoms with Crippen molar-refractivity contribution in [3.8, 4) is 0 Å². The molecule has 2 N–H and O–H groups in total. The maximum Gasteiger partial charge on any atom is 0.247 e. The molecule has 1 aromatic carbocycles. The van der Waals surface area contributed by atoms with Gasteiger partial charge in [0.25, 0.3) is 0 Å². The van der Waals surface area contributed by atoms with E-state index < -0.39 is 0 Å². The highest BCUT2D eigenvalue weighted by atomic mass is 16.1. The van der Waals surface area contributed by atoms with Gasteiger partial charge in [-0.2, -0.15) is 10.1 Å². The van der Waals surface area contributed by atoms with Crippen LogP contribution >= 0.6 is 0 Å². The van der Waals surface area contributed by atoms with E-state index in [9.17, 15) is 4.79 Å². The van der Waals surface area contributed by atoms with Crippen LogP contribution in [-0.2, 0) is 11.8 Å². The van der Waals surface area contributed by atoms with Crippen molar-refractivity contribution in [3.63, 3.8) is 0 Å². The van der Waals surface area contributed by atoms with Crippen LogP contribution in [-0.4, -0.2) is 32.2 Å². The first-order chi connectivity index (χ1) is 14.0. The molecule has 2 aromatic heterocycles. The molecule has 3 heterocycles. The Hall–Kier alpha value is -3.68. The van der Waals surface area contributed by atoms with Gasteiger partial charge in [0.1, 0.15) is 5.82 Å². The molecule has 148 valence electrons. The summed E-state index contributed by atoms with van der Waals surface area (Å²) in [5, 5.41) is 10.2. The summed E-state index contributed by atoms with van der Waals surface area (Å²) in [6, 6.07) is 7.73. The predicted octanol–water partition coefficient (Wildman–Crippen LogP) is 3.72. The Morgan fingerprint density at radius 2 is 2.17 bits per heavy atom. The molecule has 0 radical (unpaired) electrons. The molecule has 1 aliphatic heterocycles. The van der Waals surface area contributed by atoms with E-state index in [1.54, 1.807) is 10.9 Å². The minimum Gasteiger partial charge on any atom is -0.326 e. The summed E-state index contributed by atoms with van der Waals surface area (Å²) in [6.45, 7) is 6.52. The lowest BCUT2D eigenvalue weighted by Gasteiger charge is -2.33. The van der Waals surface area contributed by atoms with E-state index in [2.05, 4.69) is 39.1 Å². The Bertz CT molecular complexity index is 1060. The van der Waals surface area contributed by atoms with E-state index in [4.69, 9.17) is 4.98 Å². The van der Waals surface area contributed by atoms with E-state index in [1.165, 1.54) is 6.08 Å². The quantitative estimate of drug-likeness (QED) is 0.647. The van der Waals surface area contributed by atoms with Gasteiger partial charge in [0.05, 0.1) is 11.9 Å². The van der Waals surface area contributed by atoms with E-state index in [-0.39, 0.29) is 5.91 Å². The van der Waals surface area contributed by atoms with Crippen LogP contribution in [0.15, 0.2) is 55.5 Å². The van der Waals surface area contributed by atoms with Crippen molar-refractivity contribution >= 4 is 34.7 Å². The second-order valence-corrected chi connectivity index (χ2v) is 7.09. The molecule has 1 atom stereocenters. The van der Waals surface area contributed by atoms with Crippen LogP contribution in [0, 0.1) is 0 Å². The molecule has 4 rings (SSSR count). The highest BCUT2D eigenvalue weighted by Crippen LogP contribution is 2.38. The highest BCUT2D eigenvalue weighted by molar-refractivity contribution is 5.99. The van der Waals surface area contributed by atoms with Gasteiger partial charge in [-0.25, -0.2) is 4.98 Å². The maximum atomic E-state index is 11.7. The molecule has 0 saturated carbocycles. The molecule has 0 saturated heterocycles. The van der Waals surface area contributed by atoms with Crippen molar-refractivity contribution in [2.75, 3.05) is 22.1 Å². The molecular weight excluding hydrogens is 366 g/mol. The molecular formula is C21H23N7O. The summed E-state index contributed by atoms with van der Waals surface area (Å²) in [4.78, 5) is 23.1. The van der Waals surface area contributed by atoms with Crippen LogP contribution in [0.25, 0.3) is 0 Å². The zero-order valence-corrected chi connectivity index (χ0v) is 16.5. The lowest BCUT2D eigenvalue weighted by Crippen LogP contribution is -2.28. The molecule has 29 heavy (non-hydrogen) atoms. The number of nitrogens with one attached hydrogen (secondary N) is 2. The maximum absolute atomic E-state index is 11.7. The second-order valence-electron chi connectivity index (χ2n) is 7.09.